The molecule has 1 aromatic rings. The Morgan fingerprint density at radius 2 is 1.85 bits per heavy atom. The van der Waals surface area contributed by atoms with Crippen LogP contribution in [0, 0.1) is 0 Å². The summed E-state index contributed by atoms with van der Waals surface area (Å²) in [5, 5.41) is 3.50. The molecular weight excluding hydrogens is 246 g/mol. The van der Waals surface area contributed by atoms with E-state index in [1.807, 2.05) is 0 Å². The number of hydrogen-bond acceptors (Lipinski definition) is 2. The fourth-order valence-corrected chi connectivity index (χ4v) is 2.90. The second kappa shape index (κ2) is 7.12. The van der Waals surface area contributed by atoms with Crippen molar-refractivity contribution in [3.05, 3.63) is 29.8 Å². The molecular formula is C18H29NO. The van der Waals surface area contributed by atoms with Gasteiger partial charge in [0, 0.05) is 5.54 Å². The topological polar surface area (TPSA) is 21.3 Å². The van der Waals surface area contributed by atoms with Crippen LogP contribution in [0.3, 0.4) is 0 Å². The van der Waals surface area contributed by atoms with E-state index in [0.717, 1.165) is 31.2 Å². The molecule has 0 unspecified atom stereocenters. The third-order valence-electron chi connectivity index (χ3n) is 3.95. The molecule has 0 aromatic heterocycles. The summed E-state index contributed by atoms with van der Waals surface area (Å²) in [7, 11) is 0. The van der Waals surface area contributed by atoms with Crippen LogP contribution in [0.2, 0.25) is 0 Å². The van der Waals surface area contributed by atoms with Crippen molar-refractivity contribution in [1.82, 2.24) is 5.32 Å². The van der Waals surface area contributed by atoms with E-state index in [9.17, 15) is 0 Å². The van der Waals surface area contributed by atoms with Gasteiger partial charge < -0.3 is 10.1 Å². The van der Waals surface area contributed by atoms with Crippen LogP contribution in [0.5, 0.6) is 5.75 Å². The third kappa shape index (κ3) is 4.82. The van der Waals surface area contributed by atoms with Gasteiger partial charge in [-0.15, -0.1) is 0 Å². The molecule has 1 aromatic carbocycles. The molecule has 1 N–H and O–H groups in total. The van der Waals surface area contributed by atoms with Crippen LogP contribution in [0.1, 0.15) is 64.4 Å². The summed E-state index contributed by atoms with van der Waals surface area (Å²) >= 11 is 0. The minimum atomic E-state index is 0.196. The molecule has 112 valence electrons. The van der Waals surface area contributed by atoms with Gasteiger partial charge >= 0.3 is 0 Å². The maximum atomic E-state index is 6.02. The second-order valence-electron chi connectivity index (χ2n) is 6.90. The highest BCUT2D eigenvalue weighted by molar-refractivity contribution is 5.36. The highest BCUT2D eigenvalue weighted by Gasteiger charge is 2.20. The van der Waals surface area contributed by atoms with Crippen LogP contribution in [0.4, 0.5) is 0 Å². The van der Waals surface area contributed by atoms with E-state index >= 15 is 0 Å². The van der Waals surface area contributed by atoms with Crippen molar-refractivity contribution < 1.29 is 4.74 Å². The summed E-state index contributed by atoms with van der Waals surface area (Å²) in [6.07, 6.45) is 6.44. The second-order valence-corrected chi connectivity index (χ2v) is 6.90. The summed E-state index contributed by atoms with van der Waals surface area (Å²) in [5.41, 5.74) is 1.62. The first-order chi connectivity index (χ1) is 9.56. The quantitative estimate of drug-likeness (QED) is 0.772. The molecule has 20 heavy (non-hydrogen) atoms. The maximum Gasteiger partial charge on any atom is 0.122 e. The van der Waals surface area contributed by atoms with Gasteiger partial charge in [-0.05, 0) is 64.1 Å². The van der Waals surface area contributed by atoms with Crippen molar-refractivity contribution in [2.24, 2.45) is 0 Å². The number of rotatable bonds is 6. The zero-order chi connectivity index (χ0) is 14.4. The van der Waals surface area contributed by atoms with Gasteiger partial charge in [-0.1, -0.05) is 31.0 Å². The normalized spacial score (nSPS) is 16.6. The molecule has 0 heterocycles. The average Bonchev–Trinajstić information content (AvgIpc) is 2.91. The van der Waals surface area contributed by atoms with Gasteiger partial charge in [-0.25, -0.2) is 0 Å². The maximum absolute atomic E-state index is 6.02. The number of para-hydroxylation sites is 1. The highest BCUT2D eigenvalue weighted by Crippen LogP contribution is 2.38. The smallest absolute Gasteiger partial charge is 0.122 e. The van der Waals surface area contributed by atoms with Crippen molar-refractivity contribution in [1.29, 1.82) is 0 Å². The van der Waals surface area contributed by atoms with Crippen molar-refractivity contribution in [3.63, 3.8) is 0 Å². The van der Waals surface area contributed by atoms with Crippen LogP contribution in [0.25, 0.3) is 0 Å². The van der Waals surface area contributed by atoms with E-state index in [0.29, 0.717) is 0 Å². The predicted molar refractivity (Wildman–Crippen MR) is 85.5 cm³/mol. The largest absolute Gasteiger partial charge is 0.493 e. The number of hydrogen-bond donors (Lipinski definition) is 1. The van der Waals surface area contributed by atoms with Gasteiger partial charge in [0.2, 0.25) is 0 Å². The van der Waals surface area contributed by atoms with Crippen LogP contribution >= 0.6 is 0 Å². The van der Waals surface area contributed by atoms with Crippen molar-refractivity contribution in [2.75, 3.05) is 13.2 Å². The molecule has 0 spiro atoms. The molecule has 0 saturated heterocycles. The van der Waals surface area contributed by atoms with Crippen LogP contribution in [-0.2, 0) is 0 Å². The summed E-state index contributed by atoms with van der Waals surface area (Å²) in [6, 6.07) is 8.60. The highest BCUT2D eigenvalue weighted by atomic mass is 16.5. The molecule has 1 aliphatic carbocycles. The first kappa shape index (κ1) is 15.4. The number of ether oxygens (including phenoxy) is 1. The van der Waals surface area contributed by atoms with E-state index in [-0.39, 0.29) is 5.54 Å². The summed E-state index contributed by atoms with van der Waals surface area (Å²) < 4.78 is 6.02. The molecule has 2 heteroatoms. The third-order valence-corrected chi connectivity index (χ3v) is 3.95. The SMILES string of the molecule is CC(C)(C)NCCCOc1ccccc1C1CCCC1. The monoisotopic (exact) mass is 275 g/mol. The van der Waals surface area contributed by atoms with Crippen LogP contribution < -0.4 is 10.1 Å². The Labute approximate surface area is 123 Å². The predicted octanol–water partition coefficient (Wildman–Crippen LogP) is 4.50. The Kier molecular flexibility index (Phi) is 5.47. The number of benzene rings is 1. The molecule has 2 nitrogen and oxygen atoms in total. The van der Waals surface area contributed by atoms with E-state index in [1.165, 1.54) is 31.2 Å². The lowest BCUT2D eigenvalue weighted by Gasteiger charge is -2.21. The minimum absolute atomic E-state index is 0.196. The zero-order valence-corrected chi connectivity index (χ0v) is 13.2. The fourth-order valence-electron chi connectivity index (χ4n) is 2.90. The Hall–Kier alpha value is -1.02. The Balaban J connectivity index is 1.80. The number of nitrogens with one attached hydrogen (secondary N) is 1. The Morgan fingerprint density at radius 1 is 1.15 bits per heavy atom. The average molecular weight is 275 g/mol. The molecule has 0 atom stereocenters. The van der Waals surface area contributed by atoms with Crippen molar-refractivity contribution in [2.45, 2.75) is 64.3 Å². The van der Waals surface area contributed by atoms with Gasteiger partial charge in [0.25, 0.3) is 0 Å². The molecule has 1 aliphatic rings. The lowest BCUT2D eigenvalue weighted by Crippen LogP contribution is -2.36. The molecule has 0 aliphatic heterocycles. The molecule has 2 rings (SSSR count). The van der Waals surface area contributed by atoms with Gasteiger partial charge in [0.15, 0.2) is 0 Å². The van der Waals surface area contributed by atoms with Gasteiger partial charge in [-0.3, -0.25) is 0 Å². The van der Waals surface area contributed by atoms with E-state index < -0.39 is 0 Å². The van der Waals surface area contributed by atoms with Crippen molar-refractivity contribution >= 4 is 0 Å². The lowest BCUT2D eigenvalue weighted by atomic mass is 9.97. The molecule has 0 amide bonds. The summed E-state index contributed by atoms with van der Waals surface area (Å²) in [6.45, 7) is 8.40. The van der Waals surface area contributed by atoms with E-state index in [4.69, 9.17) is 4.74 Å². The molecule has 1 fully saturated rings. The first-order valence-corrected chi connectivity index (χ1v) is 8.03. The summed E-state index contributed by atoms with van der Waals surface area (Å²) in [5.74, 6) is 1.83. The first-order valence-electron chi connectivity index (χ1n) is 8.03. The molecule has 0 bridgehead atoms. The minimum Gasteiger partial charge on any atom is -0.493 e. The lowest BCUT2D eigenvalue weighted by molar-refractivity contribution is 0.294. The Morgan fingerprint density at radius 3 is 2.55 bits per heavy atom. The fraction of sp³-hybridized carbons (Fsp3) is 0.667. The Bertz CT molecular complexity index is 402. The van der Waals surface area contributed by atoms with E-state index in [2.05, 4.69) is 50.4 Å². The van der Waals surface area contributed by atoms with E-state index in [1.54, 1.807) is 0 Å². The van der Waals surface area contributed by atoms with Gasteiger partial charge in [0.05, 0.1) is 6.61 Å². The van der Waals surface area contributed by atoms with Crippen LogP contribution in [0.15, 0.2) is 24.3 Å². The standard InChI is InChI=1S/C18H29NO/c1-18(2,3)19-13-8-14-20-17-12-7-6-11-16(17)15-9-4-5-10-15/h6-7,11-12,15,19H,4-5,8-10,13-14H2,1-3H3. The van der Waals surface area contributed by atoms with Crippen LogP contribution in [-0.4, -0.2) is 18.7 Å². The molecule has 1 saturated carbocycles. The van der Waals surface area contributed by atoms with Gasteiger partial charge in [0.1, 0.15) is 5.75 Å². The zero-order valence-electron chi connectivity index (χ0n) is 13.2. The van der Waals surface area contributed by atoms with Crippen molar-refractivity contribution in [3.8, 4) is 5.75 Å². The molecule has 0 radical (unpaired) electrons. The van der Waals surface area contributed by atoms with Gasteiger partial charge in [-0.2, -0.15) is 0 Å². The summed E-state index contributed by atoms with van der Waals surface area (Å²) in [4.78, 5) is 0.